The van der Waals surface area contributed by atoms with E-state index in [0.717, 1.165) is 28.3 Å². The van der Waals surface area contributed by atoms with Crippen molar-refractivity contribution in [2.45, 2.75) is 6.04 Å². The molecule has 1 aromatic heterocycles. The third kappa shape index (κ3) is 2.80. The van der Waals surface area contributed by atoms with Crippen LogP contribution in [0.3, 0.4) is 0 Å². The van der Waals surface area contributed by atoms with Gasteiger partial charge in [-0.05, 0) is 45.4 Å². The molecule has 2 rings (SSSR count). The molecule has 0 bridgehead atoms. The molecule has 1 unspecified atom stereocenters. The first kappa shape index (κ1) is 12.4. The summed E-state index contributed by atoms with van der Waals surface area (Å²) in [5.74, 6) is 0.943. The molecule has 17 heavy (non-hydrogen) atoms. The predicted octanol–water partition coefficient (Wildman–Crippen LogP) is 2.91. The molecule has 1 aromatic carbocycles. The highest BCUT2D eigenvalue weighted by Crippen LogP contribution is 2.26. The zero-order valence-corrected chi connectivity index (χ0v) is 11.1. The third-order valence-electron chi connectivity index (χ3n) is 2.74. The number of benzene rings is 1. The maximum atomic E-state index is 5.96. The smallest absolute Gasteiger partial charge is 0.134 e. The summed E-state index contributed by atoms with van der Waals surface area (Å²) in [5, 5.41) is 5.04. The standard InChI is InChI=1S/C13H17ClN2O/c1-15-11(8-16(2)3)13-7-9-6-10(14)4-5-12(9)17-13/h4-7,11,15H,8H2,1-3H3. The van der Waals surface area contributed by atoms with E-state index >= 15 is 0 Å². The van der Waals surface area contributed by atoms with Crippen molar-refractivity contribution in [2.75, 3.05) is 27.7 Å². The quantitative estimate of drug-likeness (QED) is 0.907. The van der Waals surface area contributed by atoms with Crippen LogP contribution >= 0.6 is 11.6 Å². The van der Waals surface area contributed by atoms with Crippen LogP contribution in [0.25, 0.3) is 11.0 Å². The van der Waals surface area contributed by atoms with Gasteiger partial charge in [0.15, 0.2) is 0 Å². The number of nitrogens with one attached hydrogen (secondary N) is 1. The second-order valence-corrected chi connectivity index (χ2v) is 4.87. The molecule has 0 saturated heterocycles. The molecule has 1 heterocycles. The summed E-state index contributed by atoms with van der Waals surface area (Å²) in [7, 11) is 6.03. The topological polar surface area (TPSA) is 28.4 Å². The molecule has 0 fully saturated rings. The maximum absolute atomic E-state index is 5.96. The van der Waals surface area contributed by atoms with Gasteiger partial charge in [-0.1, -0.05) is 11.6 Å². The summed E-state index contributed by atoms with van der Waals surface area (Å²) >= 11 is 5.96. The maximum Gasteiger partial charge on any atom is 0.134 e. The van der Waals surface area contributed by atoms with E-state index in [9.17, 15) is 0 Å². The number of furan rings is 1. The van der Waals surface area contributed by atoms with Gasteiger partial charge in [0.1, 0.15) is 11.3 Å². The number of halogens is 1. The second kappa shape index (κ2) is 5.08. The molecule has 1 N–H and O–H groups in total. The van der Waals surface area contributed by atoms with Gasteiger partial charge in [0.05, 0.1) is 6.04 Å². The predicted molar refractivity (Wildman–Crippen MR) is 71.6 cm³/mol. The molecule has 0 saturated carbocycles. The van der Waals surface area contributed by atoms with Gasteiger partial charge in [-0.3, -0.25) is 0 Å². The van der Waals surface area contributed by atoms with E-state index in [4.69, 9.17) is 16.0 Å². The van der Waals surface area contributed by atoms with Gasteiger partial charge < -0.3 is 14.6 Å². The fourth-order valence-electron chi connectivity index (χ4n) is 1.90. The van der Waals surface area contributed by atoms with Crippen molar-refractivity contribution < 1.29 is 4.42 Å². The fraction of sp³-hybridized carbons (Fsp3) is 0.385. The van der Waals surface area contributed by atoms with Crippen LogP contribution in [-0.2, 0) is 0 Å². The van der Waals surface area contributed by atoms with Gasteiger partial charge in [0.2, 0.25) is 0 Å². The molecule has 0 amide bonds. The molecular formula is C13H17ClN2O. The molecule has 3 nitrogen and oxygen atoms in total. The Bertz CT molecular complexity index is 507. The molecule has 0 radical (unpaired) electrons. The number of likely N-dealkylation sites (N-methyl/N-ethyl adjacent to an activating group) is 2. The molecule has 4 heteroatoms. The van der Waals surface area contributed by atoms with E-state index in [1.807, 2.05) is 45.4 Å². The Balaban J connectivity index is 2.34. The van der Waals surface area contributed by atoms with E-state index < -0.39 is 0 Å². The monoisotopic (exact) mass is 252 g/mol. The molecule has 0 aliphatic carbocycles. The van der Waals surface area contributed by atoms with Gasteiger partial charge in [-0.15, -0.1) is 0 Å². The summed E-state index contributed by atoms with van der Waals surface area (Å²) in [6.07, 6.45) is 0. The van der Waals surface area contributed by atoms with Crippen molar-refractivity contribution in [1.29, 1.82) is 0 Å². The van der Waals surface area contributed by atoms with Crippen LogP contribution in [-0.4, -0.2) is 32.6 Å². The van der Waals surface area contributed by atoms with Crippen LogP contribution in [0.2, 0.25) is 5.02 Å². The first-order valence-electron chi connectivity index (χ1n) is 5.61. The Labute approximate surface area is 106 Å². The number of fused-ring (bicyclic) bond motifs is 1. The zero-order valence-electron chi connectivity index (χ0n) is 10.3. The molecule has 1 atom stereocenters. The van der Waals surface area contributed by atoms with Crippen molar-refractivity contribution in [3.63, 3.8) is 0 Å². The van der Waals surface area contributed by atoms with Gasteiger partial charge in [0, 0.05) is 17.0 Å². The first-order chi connectivity index (χ1) is 8.10. The molecule has 92 valence electrons. The summed E-state index contributed by atoms with van der Waals surface area (Å²) in [5.41, 5.74) is 0.878. The highest BCUT2D eigenvalue weighted by molar-refractivity contribution is 6.31. The Morgan fingerprint density at radius 2 is 2.12 bits per heavy atom. The Morgan fingerprint density at radius 1 is 1.35 bits per heavy atom. The lowest BCUT2D eigenvalue weighted by Gasteiger charge is -2.18. The van der Waals surface area contributed by atoms with Crippen LogP contribution in [0.5, 0.6) is 0 Å². The number of nitrogens with zero attached hydrogens (tertiary/aromatic N) is 1. The van der Waals surface area contributed by atoms with Gasteiger partial charge in [-0.2, -0.15) is 0 Å². The van der Waals surface area contributed by atoms with E-state index in [1.54, 1.807) is 0 Å². The molecular weight excluding hydrogens is 236 g/mol. The van der Waals surface area contributed by atoms with E-state index in [0.29, 0.717) is 0 Å². The largest absolute Gasteiger partial charge is 0.459 e. The van der Waals surface area contributed by atoms with Gasteiger partial charge in [0.25, 0.3) is 0 Å². The van der Waals surface area contributed by atoms with Crippen LogP contribution in [0.4, 0.5) is 0 Å². The molecule has 2 aromatic rings. The second-order valence-electron chi connectivity index (χ2n) is 4.43. The van der Waals surface area contributed by atoms with Crippen molar-refractivity contribution in [3.05, 3.63) is 35.0 Å². The normalized spacial score (nSPS) is 13.5. The van der Waals surface area contributed by atoms with Crippen LogP contribution in [0.15, 0.2) is 28.7 Å². The first-order valence-corrected chi connectivity index (χ1v) is 5.99. The summed E-state index contributed by atoms with van der Waals surface area (Å²) in [6.45, 7) is 0.893. The fourth-order valence-corrected chi connectivity index (χ4v) is 2.08. The van der Waals surface area contributed by atoms with Crippen molar-refractivity contribution in [1.82, 2.24) is 10.2 Å². The highest BCUT2D eigenvalue weighted by atomic mass is 35.5. The van der Waals surface area contributed by atoms with E-state index in [2.05, 4.69) is 10.2 Å². The SMILES string of the molecule is CNC(CN(C)C)c1cc2cc(Cl)ccc2o1. The number of rotatable bonds is 4. The summed E-state index contributed by atoms with van der Waals surface area (Å²) in [4.78, 5) is 2.13. The summed E-state index contributed by atoms with van der Waals surface area (Å²) in [6, 6.07) is 7.91. The minimum Gasteiger partial charge on any atom is -0.459 e. The van der Waals surface area contributed by atoms with Crippen LogP contribution in [0.1, 0.15) is 11.8 Å². The molecule has 0 aliphatic rings. The Hall–Kier alpha value is -1.03. The Morgan fingerprint density at radius 3 is 2.76 bits per heavy atom. The lowest BCUT2D eigenvalue weighted by Crippen LogP contribution is -2.28. The van der Waals surface area contributed by atoms with Crippen LogP contribution < -0.4 is 5.32 Å². The Kier molecular flexibility index (Phi) is 3.72. The third-order valence-corrected chi connectivity index (χ3v) is 2.97. The molecule has 0 spiro atoms. The number of hydrogen-bond donors (Lipinski definition) is 1. The highest BCUT2D eigenvalue weighted by Gasteiger charge is 2.15. The van der Waals surface area contributed by atoms with Crippen LogP contribution in [0, 0.1) is 0 Å². The average molecular weight is 253 g/mol. The lowest BCUT2D eigenvalue weighted by molar-refractivity contribution is 0.324. The minimum atomic E-state index is 0.191. The van der Waals surface area contributed by atoms with Gasteiger partial charge >= 0.3 is 0 Å². The van der Waals surface area contributed by atoms with Crippen molar-refractivity contribution >= 4 is 22.6 Å². The minimum absolute atomic E-state index is 0.191. The van der Waals surface area contributed by atoms with Gasteiger partial charge in [-0.25, -0.2) is 0 Å². The molecule has 0 aliphatic heterocycles. The number of hydrogen-bond acceptors (Lipinski definition) is 3. The summed E-state index contributed by atoms with van der Waals surface area (Å²) < 4.78 is 5.83. The van der Waals surface area contributed by atoms with Crippen molar-refractivity contribution in [3.8, 4) is 0 Å². The van der Waals surface area contributed by atoms with E-state index in [-0.39, 0.29) is 6.04 Å². The van der Waals surface area contributed by atoms with E-state index in [1.165, 1.54) is 0 Å². The van der Waals surface area contributed by atoms with Crippen molar-refractivity contribution in [2.24, 2.45) is 0 Å². The average Bonchev–Trinajstić information content (AvgIpc) is 2.68. The zero-order chi connectivity index (χ0) is 12.4. The lowest BCUT2D eigenvalue weighted by atomic mass is 10.2.